The predicted molar refractivity (Wildman–Crippen MR) is 123 cm³/mol. The summed E-state index contributed by atoms with van der Waals surface area (Å²) in [4.78, 5) is 19.8. The Bertz CT molecular complexity index is 1390. The van der Waals surface area contributed by atoms with Gasteiger partial charge in [-0.3, -0.25) is 9.20 Å². The van der Waals surface area contributed by atoms with Crippen LogP contribution in [-0.4, -0.2) is 36.6 Å². The van der Waals surface area contributed by atoms with Crippen LogP contribution in [0.4, 0.5) is 23.4 Å². The van der Waals surface area contributed by atoms with Crippen molar-refractivity contribution in [1.29, 1.82) is 0 Å². The summed E-state index contributed by atoms with van der Waals surface area (Å²) in [6, 6.07) is 3.65. The van der Waals surface area contributed by atoms with Crippen molar-refractivity contribution in [1.82, 2.24) is 24.5 Å². The van der Waals surface area contributed by atoms with Crippen LogP contribution < -0.4 is 5.32 Å². The molecule has 2 aromatic heterocycles. The number of anilines is 1. The van der Waals surface area contributed by atoms with Gasteiger partial charge in [0, 0.05) is 5.56 Å². The fourth-order valence-corrected chi connectivity index (χ4v) is 6.42. The number of aryl methyl sites for hydroxylation is 1. The van der Waals surface area contributed by atoms with Crippen LogP contribution in [0.15, 0.2) is 18.2 Å². The van der Waals surface area contributed by atoms with Crippen molar-refractivity contribution in [3.8, 4) is 0 Å². The number of benzene rings is 1. The molecule has 3 fully saturated rings. The Morgan fingerprint density at radius 3 is 2.58 bits per heavy atom. The van der Waals surface area contributed by atoms with Gasteiger partial charge in [-0.05, 0) is 63.1 Å². The number of nitrogens with zero attached hydrogens (tertiary/aromatic N) is 5. The summed E-state index contributed by atoms with van der Waals surface area (Å²) in [7, 11) is 0. The Hall–Kier alpha value is -3.24. The Kier molecular flexibility index (Phi) is 4.91. The molecule has 2 atom stereocenters. The van der Waals surface area contributed by atoms with E-state index in [4.69, 9.17) is 0 Å². The number of carbonyl (C=O) groups excluding carboxylic acids is 1. The first-order valence-electron chi connectivity index (χ1n) is 12.1. The number of amides is 1. The second kappa shape index (κ2) is 7.63. The quantitative estimate of drug-likeness (QED) is 0.513. The molecule has 36 heavy (non-hydrogen) atoms. The van der Waals surface area contributed by atoms with Gasteiger partial charge < -0.3 is 10.2 Å². The second-order valence-corrected chi connectivity index (χ2v) is 10.5. The van der Waals surface area contributed by atoms with Gasteiger partial charge in [-0.2, -0.15) is 18.2 Å². The lowest BCUT2D eigenvalue weighted by Gasteiger charge is -2.39. The number of aromatic nitrogens is 4. The minimum Gasteiger partial charge on any atom is -0.363 e. The first kappa shape index (κ1) is 23.2. The molecular weight excluding hydrogens is 476 g/mol. The molecule has 4 aliphatic rings. The van der Waals surface area contributed by atoms with Crippen LogP contribution in [0, 0.1) is 25.2 Å². The van der Waals surface area contributed by atoms with Gasteiger partial charge in [0.1, 0.15) is 17.8 Å². The van der Waals surface area contributed by atoms with Crippen molar-refractivity contribution < 1.29 is 22.4 Å². The zero-order valence-electron chi connectivity index (χ0n) is 20.2. The van der Waals surface area contributed by atoms with Crippen LogP contribution in [0.1, 0.15) is 66.0 Å². The summed E-state index contributed by atoms with van der Waals surface area (Å²) >= 11 is 0. The normalized spacial score (nSPS) is 25.7. The summed E-state index contributed by atoms with van der Waals surface area (Å²) in [5, 5.41) is 11.5. The van der Waals surface area contributed by atoms with E-state index in [1.54, 1.807) is 24.8 Å². The maximum atomic E-state index is 14.2. The highest BCUT2D eigenvalue weighted by Crippen LogP contribution is 2.61. The molecular formula is C25H26F4N6O. The minimum absolute atomic E-state index is 0.0128. The zero-order chi connectivity index (χ0) is 25.6. The molecule has 1 N–H and O–H groups in total. The SMILES string of the molecule is Cc1c(C(C)Nc2nc3nnc(C)n3c3c2CN(C(=O)C24CC(F)C(C2)C4)C3)cccc1C(F)(F)F. The zero-order valence-corrected chi connectivity index (χ0v) is 20.2. The van der Waals surface area contributed by atoms with E-state index in [0.717, 1.165) is 17.3 Å². The predicted octanol–water partition coefficient (Wildman–Crippen LogP) is 4.91. The number of fused-ring (bicyclic) bond motifs is 4. The number of carbonyl (C=O) groups is 1. The average Bonchev–Trinajstić information content (AvgIpc) is 3.53. The molecule has 0 saturated heterocycles. The Balaban J connectivity index is 1.34. The molecule has 7 nitrogen and oxygen atoms in total. The Labute approximate surface area is 204 Å². The second-order valence-electron chi connectivity index (χ2n) is 10.5. The van der Waals surface area contributed by atoms with Gasteiger partial charge >= 0.3 is 6.18 Å². The highest BCUT2D eigenvalue weighted by Gasteiger charge is 2.62. The molecule has 7 rings (SSSR count). The van der Waals surface area contributed by atoms with Crippen molar-refractivity contribution in [3.05, 3.63) is 52.0 Å². The third kappa shape index (κ3) is 3.31. The maximum absolute atomic E-state index is 14.2. The first-order chi connectivity index (χ1) is 17.0. The average molecular weight is 503 g/mol. The molecule has 1 amide bonds. The largest absolute Gasteiger partial charge is 0.416 e. The maximum Gasteiger partial charge on any atom is 0.416 e. The molecule has 0 spiro atoms. The van der Waals surface area contributed by atoms with Crippen molar-refractivity contribution in [2.45, 2.75) is 71.5 Å². The molecule has 190 valence electrons. The molecule has 0 radical (unpaired) electrons. The standard InChI is InChI=1S/C25H26F4N6O/c1-12-16(5-4-6-18(12)25(27,28)29)13(2)30-21-17-10-34(22(36)24-7-15(8-24)19(26)9-24)11-20(17)35-14(3)32-33-23(35)31-21/h4-6,13,15,19H,7-11H2,1-3H3,(H,30,31,33). The number of rotatable bonds is 4. The van der Waals surface area contributed by atoms with E-state index < -0.39 is 29.4 Å². The molecule has 11 heteroatoms. The Morgan fingerprint density at radius 2 is 1.92 bits per heavy atom. The van der Waals surface area contributed by atoms with Crippen LogP contribution in [0.25, 0.3) is 5.78 Å². The number of alkyl halides is 4. The molecule has 3 aliphatic carbocycles. The van der Waals surface area contributed by atoms with Crippen LogP contribution >= 0.6 is 0 Å². The summed E-state index contributed by atoms with van der Waals surface area (Å²) < 4.78 is 56.4. The summed E-state index contributed by atoms with van der Waals surface area (Å²) in [5.41, 5.74) is 0.956. The van der Waals surface area contributed by atoms with Crippen molar-refractivity contribution in [2.24, 2.45) is 11.3 Å². The van der Waals surface area contributed by atoms with E-state index in [2.05, 4.69) is 20.5 Å². The van der Waals surface area contributed by atoms with Gasteiger partial charge in [-0.25, -0.2) is 4.39 Å². The number of nitrogens with one attached hydrogen (secondary N) is 1. The molecule has 1 aromatic carbocycles. The van der Waals surface area contributed by atoms with Gasteiger partial charge in [-0.15, -0.1) is 10.2 Å². The lowest BCUT2D eigenvalue weighted by atomic mass is 9.69. The van der Waals surface area contributed by atoms with Crippen molar-refractivity contribution in [2.75, 3.05) is 5.32 Å². The molecule has 2 unspecified atom stereocenters. The molecule has 1 aliphatic heterocycles. The molecule has 3 aromatic rings. The topological polar surface area (TPSA) is 75.4 Å². The van der Waals surface area contributed by atoms with Crippen LogP contribution in [-0.2, 0) is 24.1 Å². The van der Waals surface area contributed by atoms with E-state index in [0.29, 0.717) is 42.4 Å². The van der Waals surface area contributed by atoms with E-state index in [9.17, 15) is 22.4 Å². The minimum atomic E-state index is -4.45. The van der Waals surface area contributed by atoms with Gasteiger partial charge in [-0.1, -0.05) is 12.1 Å². The highest BCUT2D eigenvalue weighted by atomic mass is 19.4. The van der Waals surface area contributed by atoms with E-state index in [1.165, 1.54) is 13.0 Å². The van der Waals surface area contributed by atoms with E-state index in [-0.39, 0.29) is 30.4 Å². The lowest BCUT2D eigenvalue weighted by molar-refractivity contribution is -0.147. The number of hydrogen-bond donors (Lipinski definition) is 1. The first-order valence-corrected chi connectivity index (χ1v) is 12.1. The third-order valence-electron chi connectivity index (χ3n) is 8.26. The Morgan fingerprint density at radius 1 is 1.17 bits per heavy atom. The smallest absolute Gasteiger partial charge is 0.363 e. The summed E-state index contributed by atoms with van der Waals surface area (Å²) in [6.45, 7) is 5.65. The van der Waals surface area contributed by atoms with E-state index >= 15 is 0 Å². The molecule has 3 saturated carbocycles. The van der Waals surface area contributed by atoms with Crippen molar-refractivity contribution >= 4 is 17.5 Å². The monoisotopic (exact) mass is 502 g/mol. The highest BCUT2D eigenvalue weighted by molar-refractivity contribution is 5.85. The molecule has 3 heterocycles. The van der Waals surface area contributed by atoms with Crippen molar-refractivity contribution in [3.63, 3.8) is 0 Å². The molecule has 2 bridgehead atoms. The third-order valence-corrected chi connectivity index (χ3v) is 8.26. The van der Waals surface area contributed by atoms with Crippen LogP contribution in [0.2, 0.25) is 0 Å². The van der Waals surface area contributed by atoms with E-state index in [1.807, 2.05) is 4.40 Å². The fourth-order valence-electron chi connectivity index (χ4n) is 6.42. The summed E-state index contributed by atoms with van der Waals surface area (Å²) in [5.74, 6) is 1.39. The fraction of sp³-hybridized carbons (Fsp3) is 0.520. The van der Waals surface area contributed by atoms with Gasteiger partial charge in [0.25, 0.3) is 5.78 Å². The summed E-state index contributed by atoms with van der Waals surface area (Å²) in [6.07, 6.45) is -3.90. The number of halogens is 4. The van der Waals surface area contributed by atoms with Gasteiger partial charge in [0.05, 0.1) is 35.8 Å². The van der Waals surface area contributed by atoms with Crippen LogP contribution in [0.3, 0.4) is 0 Å². The van der Waals surface area contributed by atoms with Gasteiger partial charge in [0.15, 0.2) is 0 Å². The van der Waals surface area contributed by atoms with Gasteiger partial charge in [0.2, 0.25) is 5.91 Å². The lowest BCUT2D eigenvalue weighted by Crippen LogP contribution is -2.44. The number of hydrogen-bond acceptors (Lipinski definition) is 5. The van der Waals surface area contributed by atoms with Crippen LogP contribution in [0.5, 0.6) is 0 Å².